The SMILES string of the molecule is C=CCOC(=O)C1=C(C)N=C2SC=C(CC(=O)NCc3ccco3)N2C1c1cc(OC)ccc1OC. The first-order chi connectivity index (χ1) is 17.5. The van der Waals surface area contributed by atoms with Crippen LogP contribution in [0.4, 0.5) is 0 Å². The molecule has 2 aliphatic heterocycles. The number of rotatable bonds is 10. The fourth-order valence-electron chi connectivity index (χ4n) is 4.02. The summed E-state index contributed by atoms with van der Waals surface area (Å²) in [5.74, 6) is 1.09. The Hall–Kier alpha value is -3.92. The molecule has 188 valence electrons. The summed E-state index contributed by atoms with van der Waals surface area (Å²) < 4.78 is 21.8. The molecule has 1 N–H and O–H groups in total. The van der Waals surface area contributed by atoms with Crippen LogP contribution in [0.3, 0.4) is 0 Å². The summed E-state index contributed by atoms with van der Waals surface area (Å²) in [6.07, 6.45) is 3.14. The number of amides is 1. The van der Waals surface area contributed by atoms with E-state index in [4.69, 9.17) is 18.6 Å². The van der Waals surface area contributed by atoms with Crippen molar-refractivity contribution in [2.45, 2.75) is 25.9 Å². The van der Waals surface area contributed by atoms with Gasteiger partial charge in [-0.1, -0.05) is 24.4 Å². The molecule has 9 nitrogen and oxygen atoms in total. The summed E-state index contributed by atoms with van der Waals surface area (Å²) in [6.45, 7) is 5.73. The third-order valence-corrected chi connectivity index (χ3v) is 6.55. The van der Waals surface area contributed by atoms with Crippen molar-refractivity contribution < 1.29 is 28.2 Å². The van der Waals surface area contributed by atoms with Gasteiger partial charge < -0.3 is 28.8 Å². The number of benzene rings is 1. The minimum Gasteiger partial charge on any atom is -0.497 e. The smallest absolute Gasteiger partial charge is 0.338 e. The number of hydrogen-bond acceptors (Lipinski definition) is 9. The molecule has 1 atom stereocenters. The summed E-state index contributed by atoms with van der Waals surface area (Å²) in [5, 5.41) is 5.39. The van der Waals surface area contributed by atoms with Crippen molar-refractivity contribution >= 4 is 28.8 Å². The van der Waals surface area contributed by atoms with Crippen LogP contribution in [0.5, 0.6) is 11.5 Å². The van der Waals surface area contributed by atoms with Crippen molar-refractivity contribution in [1.29, 1.82) is 0 Å². The molecule has 1 unspecified atom stereocenters. The van der Waals surface area contributed by atoms with Gasteiger partial charge in [-0.15, -0.1) is 0 Å². The molecule has 0 bridgehead atoms. The van der Waals surface area contributed by atoms with Crippen LogP contribution in [0, 0.1) is 0 Å². The molecule has 2 aliphatic rings. The van der Waals surface area contributed by atoms with Crippen molar-refractivity contribution in [2.75, 3.05) is 20.8 Å². The lowest BCUT2D eigenvalue weighted by molar-refractivity contribution is -0.138. The Labute approximate surface area is 213 Å². The van der Waals surface area contributed by atoms with Crippen LogP contribution in [-0.2, 0) is 20.9 Å². The number of esters is 1. The van der Waals surface area contributed by atoms with Crippen LogP contribution in [0.2, 0.25) is 0 Å². The van der Waals surface area contributed by atoms with Gasteiger partial charge in [0.15, 0.2) is 5.17 Å². The summed E-state index contributed by atoms with van der Waals surface area (Å²) in [5.41, 5.74) is 2.23. The summed E-state index contributed by atoms with van der Waals surface area (Å²) >= 11 is 1.39. The van der Waals surface area contributed by atoms with Crippen molar-refractivity contribution in [3.63, 3.8) is 0 Å². The number of fused-ring (bicyclic) bond motifs is 1. The maximum absolute atomic E-state index is 13.2. The van der Waals surface area contributed by atoms with Crippen LogP contribution in [0.15, 0.2) is 81.0 Å². The first-order valence-electron chi connectivity index (χ1n) is 11.2. The molecular formula is C26H27N3O6S. The zero-order valence-corrected chi connectivity index (χ0v) is 21.1. The lowest BCUT2D eigenvalue weighted by atomic mass is 9.92. The lowest BCUT2D eigenvalue weighted by Gasteiger charge is -2.36. The van der Waals surface area contributed by atoms with Crippen molar-refractivity contribution in [1.82, 2.24) is 10.2 Å². The van der Waals surface area contributed by atoms with Gasteiger partial charge in [0.25, 0.3) is 0 Å². The van der Waals surface area contributed by atoms with E-state index in [1.54, 1.807) is 51.7 Å². The van der Waals surface area contributed by atoms with E-state index < -0.39 is 12.0 Å². The Morgan fingerprint density at radius 1 is 1.28 bits per heavy atom. The van der Waals surface area contributed by atoms with Gasteiger partial charge in [0.05, 0.1) is 50.8 Å². The van der Waals surface area contributed by atoms with Crippen molar-refractivity contribution in [3.05, 3.63) is 82.9 Å². The first-order valence-corrected chi connectivity index (χ1v) is 12.1. The van der Waals surface area contributed by atoms with Crippen LogP contribution in [0.25, 0.3) is 0 Å². The van der Waals surface area contributed by atoms with Gasteiger partial charge in [-0.05, 0) is 42.7 Å². The molecule has 1 amide bonds. The second-order valence-corrected chi connectivity index (χ2v) is 8.76. The molecule has 0 radical (unpaired) electrons. The van der Waals surface area contributed by atoms with E-state index in [9.17, 15) is 9.59 Å². The fraction of sp³-hybridized carbons (Fsp3) is 0.269. The molecule has 1 aromatic carbocycles. The number of aliphatic imine (C=N–C) groups is 1. The molecule has 36 heavy (non-hydrogen) atoms. The molecule has 0 aliphatic carbocycles. The topological polar surface area (TPSA) is 103 Å². The zero-order valence-electron chi connectivity index (χ0n) is 20.3. The predicted molar refractivity (Wildman–Crippen MR) is 136 cm³/mol. The Balaban J connectivity index is 1.71. The third-order valence-electron chi connectivity index (χ3n) is 5.67. The van der Waals surface area contributed by atoms with E-state index in [1.165, 1.54) is 17.8 Å². The number of methoxy groups -OCH3 is 2. The quantitative estimate of drug-likeness (QED) is 0.373. The molecule has 2 aromatic rings. The lowest BCUT2D eigenvalue weighted by Crippen LogP contribution is -2.38. The number of carbonyl (C=O) groups excluding carboxylic acids is 2. The number of nitrogens with zero attached hydrogens (tertiary/aromatic N) is 2. The highest BCUT2D eigenvalue weighted by Crippen LogP contribution is 2.47. The molecule has 0 spiro atoms. The highest BCUT2D eigenvalue weighted by molar-refractivity contribution is 8.16. The molecule has 0 saturated heterocycles. The number of furan rings is 1. The van der Waals surface area contributed by atoms with Gasteiger partial charge in [0, 0.05) is 11.3 Å². The van der Waals surface area contributed by atoms with Gasteiger partial charge in [-0.2, -0.15) is 0 Å². The second kappa shape index (κ2) is 11.2. The molecule has 4 rings (SSSR count). The van der Waals surface area contributed by atoms with E-state index >= 15 is 0 Å². The number of carbonyl (C=O) groups is 2. The van der Waals surface area contributed by atoms with E-state index in [1.807, 2.05) is 16.4 Å². The van der Waals surface area contributed by atoms with Gasteiger partial charge in [-0.25, -0.2) is 9.79 Å². The Kier molecular flexibility index (Phi) is 7.84. The number of thioether (sulfide) groups is 1. The highest BCUT2D eigenvalue weighted by Gasteiger charge is 2.42. The van der Waals surface area contributed by atoms with E-state index in [0.29, 0.717) is 45.0 Å². The van der Waals surface area contributed by atoms with Gasteiger partial charge in [0.1, 0.15) is 23.9 Å². The molecule has 10 heteroatoms. The van der Waals surface area contributed by atoms with Crippen LogP contribution >= 0.6 is 11.8 Å². The van der Waals surface area contributed by atoms with E-state index in [0.717, 1.165) is 0 Å². The average molecular weight is 510 g/mol. The minimum atomic E-state index is -0.654. The Bertz CT molecular complexity index is 1250. The zero-order chi connectivity index (χ0) is 25.7. The largest absolute Gasteiger partial charge is 0.497 e. The van der Waals surface area contributed by atoms with Crippen molar-refractivity contribution in [2.24, 2.45) is 4.99 Å². The fourth-order valence-corrected chi connectivity index (χ4v) is 4.98. The number of hydrogen-bond donors (Lipinski definition) is 1. The number of nitrogens with one attached hydrogen (secondary N) is 1. The first kappa shape index (κ1) is 25.2. The standard InChI is InChI=1S/C26H27N3O6S/c1-5-10-35-25(31)23-16(2)28-26-29(24(23)20-13-18(32-3)8-9-21(20)33-4)17(15-36-26)12-22(30)27-14-19-7-6-11-34-19/h5-9,11,13,15,24H,1,10,12,14H2,2-4H3,(H,27,30). The highest BCUT2D eigenvalue weighted by atomic mass is 32.2. The number of ether oxygens (including phenoxy) is 3. The van der Waals surface area contributed by atoms with Gasteiger partial charge in [-0.3, -0.25) is 4.79 Å². The summed E-state index contributed by atoms with van der Waals surface area (Å²) in [6, 6.07) is 8.29. The normalized spacial score (nSPS) is 16.6. The minimum absolute atomic E-state index is 0.0563. The second-order valence-electron chi connectivity index (χ2n) is 7.92. The maximum Gasteiger partial charge on any atom is 0.338 e. The van der Waals surface area contributed by atoms with Gasteiger partial charge >= 0.3 is 5.97 Å². The summed E-state index contributed by atoms with van der Waals surface area (Å²) in [7, 11) is 3.13. The molecule has 0 saturated carbocycles. The van der Waals surface area contributed by atoms with Crippen molar-refractivity contribution in [3.8, 4) is 11.5 Å². The molecular weight excluding hydrogens is 482 g/mol. The summed E-state index contributed by atoms with van der Waals surface area (Å²) in [4.78, 5) is 32.6. The average Bonchev–Trinajstić information content (AvgIpc) is 3.55. The van der Waals surface area contributed by atoms with Crippen LogP contribution in [-0.4, -0.2) is 42.8 Å². The van der Waals surface area contributed by atoms with Crippen LogP contribution in [0.1, 0.15) is 30.7 Å². The van der Waals surface area contributed by atoms with Gasteiger partial charge in [0.2, 0.25) is 5.91 Å². The third kappa shape index (κ3) is 5.18. The number of allylic oxidation sites excluding steroid dienone is 1. The number of amidine groups is 1. The van der Waals surface area contributed by atoms with Crippen LogP contribution < -0.4 is 14.8 Å². The Morgan fingerprint density at radius 2 is 2.11 bits per heavy atom. The Morgan fingerprint density at radius 3 is 2.81 bits per heavy atom. The molecule has 3 heterocycles. The monoisotopic (exact) mass is 509 g/mol. The van der Waals surface area contributed by atoms with E-state index in [2.05, 4.69) is 16.9 Å². The van der Waals surface area contributed by atoms with E-state index in [-0.39, 0.29) is 25.5 Å². The molecule has 1 aromatic heterocycles. The predicted octanol–water partition coefficient (Wildman–Crippen LogP) is 4.31. The molecule has 0 fully saturated rings. The maximum atomic E-state index is 13.2.